The molecule has 1 heterocycles. The summed E-state index contributed by atoms with van der Waals surface area (Å²) in [7, 11) is 2.24. The minimum Gasteiger partial charge on any atom is -0.306 e. The van der Waals surface area contributed by atoms with Crippen LogP contribution in [0.1, 0.15) is 60.8 Å². The van der Waals surface area contributed by atoms with Gasteiger partial charge in [0.25, 0.3) is 0 Å². The van der Waals surface area contributed by atoms with Gasteiger partial charge in [0, 0.05) is 0 Å². The predicted molar refractivity (Wildman–Crippen MR) is 79.8 cm³/mol. The van der Waals surface area contributed by atoms with Gasteiger partial charge in [0.2, 0.25) is 0 Å². The summed E-state index contributed by atoms with van der Waals surface area (Å²) in [5.41, 5.74) is 0.979. The molecule has 0 amide bonds. The molecule has 1 aliphatic rings. The SMILES string of the molecule is CC=O.CN1CCC(C(C)(C)CC(C)(C)C)CC1. The highest BCUT2D eigenvalue weighted by Gasteiger charge is 2.34. The number of nitrogens with zero attached hydrogens (tertiary/aromatic N) is 1. The van der Waals surface area contributed by atoms with Crippen molar-refractivity contribution in [2.45, 2.75) is 60.8 Å². The zero-order valence-corrected chi connectivity index (χ0v) is 13.5. The second kappa shape index (κ2) is 7.28. The summed E-state index contributed by atoms with van der Waals surface area (Å²) in [5, 5.41) is 0. The van der Waals surface area contributed by atoms with Gasteiger partial charge >= 0.3 is 0 Å². The van der Waals surface area contributed by atoms with Crippen LogP contribution < -0.4 is 0 Å². The molecule has 18 heavy (non-hydrogen) atoms. The van der Waals surface area contributed by atoms with Crippen LogP contribution in [-0.4, -0.2) is 31.3 Å². The van der Waals surface area contributed by atoms with E-state index in [0.29, 0.717) is 10.8 Å². The second-order valence-corrected chi connectivity index (χ2v) is 7.54. The molecule has 0 saturated carbocycles. The summed E-state index contributed by atoms with van der Waals surface area (Å²) in [5.74, 6) is 0.924. The van der Waals surface area contributed by atoms with Crippen LogP contribution in [0.4, 0.5) is 0 Å². The summed E-state index contributed by atoms with van der Waals surface area (Å²) in [6.07, 6.45) is 4.87. The van der Waals surface area contributed by atoms with Crippen LogP contribution in [0.2, 0.25) is 0 Å². The summed E-state index contributed by atoms with van der Waals surface area (Å²) >= 11 is 0. The zero-order chi connectivity index (χ0) is 14.4. The third-order valence-corrected chi connectivity index (χ3v) is 3.81. The third kappa shape index (κ3) is 7.15. The molecular weight excluding hydrogens is 222 g/mol. The van der Waals surface area contributed by atoms with Crippen LogP contribution in [0.3, 0.4) is 0 Å². The van der Waals surface area contributed by atoms with E-state index in [1.165, 1.54) is 39.3 Å². The molecule has 1 fully saturated rings. The Bertz CT molecular complexity index is 232. The molecule has 0 radical (unpaired) electrons. The molecule has 0 aromatic carbocycles. The average Bonchev–Trinajstić information content (AvgIpc) is 2.15. The van der Waals surface area contributed by atoms with Crippen LogP contribution in [0.15, 0.2) is 0 Å². The molecule has 0 unspecified atom stereocenters. The lowest BCUT2D eigenvalue weighted by atomic mass is 9.66. The number of aldehydes is 1. The number of carbonyl (C=O) groups is 1. The normalized spacial score (nSPS) is 19.1. The minimum atomic E-state index is 0.465. The molecule has 0 atom stereocenters. The Kier molecular flexibility index (Phi) is 7.13. The Morgan fingerprint density at radius 2 is 1.50 bits per heavy atom. The molecular formula is C16H33NO. The van der Waals surface area contributed by atoms with Gasteiger partial charge in [-0.05, 0) is 63.1 Å². The summed E-state index contributed by atoms with van der Waals surface area (Å²) in [4.78, 5) is 11.3. The first kappa shape index (κ1) is 17.6. The highest BCUT2D eigenvalue weighted by molar-refractivity contribution is 5.44. The number of likely N-dealkylation sites (tertiary alicyclic amines) is 1. The van der Waals surface area contributed by atoms with Gasteiger partial charge in [-0.3, -0.25) is 0 Å². The fraction of sp³-hybridized carbons (Fsp3) is 0.938. The largest absolute Gasteiger partial charge is 0.306 e. The summed E-state index contributed by atoms with van der Waals surface area (Å²) in [6.45, 7) is 16.1. The van der Waals surface area contributed by atoms with Crippen molar-refractivity contribution in [3.63, 3.8) is 0 Å². The minimum absolute atomic E-state index is 0.465. The number of hydrogen-bond acceptors (Lipinski definition) is 2. The van der Waals surface area contributed by atoms with E-state index in [0.717, 1.165) is 12.2 Å². The summed E-state index contributed by atoms with van der Waals surface area (Å²) in [6, 6.07) is 0. The van der Waals surface area contributed by atoms with Crippen LogP contribution >= 0.6 is 0 Å². The third-order valence-electron chi connectivity index (χ3n) is 3.81. The van der Waals surface area contributed by atoms with E-state index in [9.17, 15) is 0 Å². The molecule has 2 heteroatoms. The van der Waals surface area contributed by atoms with E-state index in [-0.39, 0.29) is 0 Å². The molecule has 1 saturated heterocycles. The van der Waals surface area contributed by atoms with Crippen molar-refractivity contribution in [3.8, 4) is 0 Å². The molecule has 0 N–H and O–H groups in total. The van der Waals surface area contributed by atoms with Crippen molar-refractivity contribution >= 4 is 6.29 Å². The quantitative estimate of drug-likeness (QED) is 0.695. The molecule has 2 nitrogen and oxygen atoms in total. The summed E-state index contributed by atoms with van der Waals surface area (Å²) < 4.78 is 0. The van der Waals surface area contributed by atoms with Gasteiger partial charge in [-0.2, -0.15) is 0 Å². The molecule has 1 rings (SSSR count). The van der Waals surface area contributed by atoms with E-state index >= 15 is 0 Å². The Balaban J connectivity index is 0.000000873. The topological polar surface area (TPSA) is 20.3 Å². The Labute approximate surface area is 114 Å². The Morgan fingerprint density at radius 1 is 1.11 bits per heavy atom. The van der Waals surface area contributed by atoms with Crippen molar-refractivity contribution in [1.82, 2.24) is 4.90 Å². The zero-order valence-electron chi connectivity index (χ0n) is 13.5. The van der Waals surface area contributed by atoms with Gasteiger partial charge < -0.3 is 9.69 Å². The van der Waals surface area contributed by atoms with Crippen LogP contribution in [0.25, 0.3) is 0 Å². The highest BCUT2D eigenvalue weighted by atomic mass is 16.1. The first-order valence-corrected chi connectivity index (χ1v) is 7.21. The van der Waals surface area contributed by atoms with Gasteiger partial charge in [-0.15, -0.1) is 0 Å². The van der Waals surface area contributed by atoms with Gasteiger partial charge in [0.1, 0.15) is 6.29 Å². The van der Waals surface area contributed by atoms with Crippen molar-refractivity contribution in [2.24, 2.45) is 16.7 Å². The Morgan fingerprint density at radius 3 is 1.83 bits per heavy atom. The van der Waals surface area contributed by atoms with Gasteiger partial charge in [0.05, 0.1) is 0 Å². The molecule has 0 spiro atoms. The van der Waals surface area contributed by atoms with E-state index in [2.05, 4.69) is 46.6 Å². The number of carbonyl (C=O) groups excluding carboxylic acids is 1. The molecule has 0 aromatic rings. The van der Waals surface area contributed by atoms with Crippen LogP contribution in [0, 0.1) is 16.7 Å². The van der Waals surface area contributed by atoms with Crippen LogP contribution in [0.5, 0.6) is 0 Å². The standard InChI is InChI=1S/C14H29N.C2H4O/c1-13(2,3)11-14(4,5)12-7-9-15(6)10-8-12;1-2-3/h12H,7-11H2,1-6H3;2H,1H3. The van der Waals surface area contributed by atoms with Crippen molar-refractivity contribution in [2.75, 3.05) is 20.1 Å². The average molecular weight is 255 g/mol. The van der Waals surface area contributed by atoms with Gasteiger partial charge in [0.15, 0.2) is 0 Å². The Hall–Kier alpha value is -0.370. The molecule has 108 valence electrons. The van der Waals surface area contributed by atoms with E-state index in [1.54, 1.807) is 0 Å². The lowest BCUT2D eigenvalue weighted by molar-refractivity contribution is -0.106. The number of piperidine rings is 1. The van der Waals surface area contributed by atoms with E-state index in [1.807, 2.05) is 0 Å². The van der Waals surface area contributed by atoms with E-state index < -0.39 is 0 Å². The number of rotatable bonds is 2. The fourth-order valence-electron chi connectivity index (χ4n) is 3.30. The molecule has 1 aliphatic heterocycles. The number of hydrogen-bond donors (Lipinski definition) is 0. The maximum Gasteiger partial charge on any atom is 0.116 e. The maximum atomic E-state index is 8.81. The lowest BCUT2D eigenvalue weighted by Crippen LogP contribution is -2.38. The molecule has 0 aromatic heterocycles. The fourth-order valence-corrected chi connectivity index (χ4v) is 3.30. The predicted octanol–water partition coefficient (Wildman–Crippen LogP) is 4.00. The maximum absolute atomic E-state index is 8.81. The lowest BCUT2D eigenvalue weighted by Gasteiger charge is -2.43. The van der Waals surface area contributed by atoms with Crippen molar-refractivity contribution < 1.29 is 4.79 Å². The van der Waals surface area contributed by atoms with E-state index in [4.69, 9.17) is 4.79 Å². The van der Waals surface area contributed by atoms with Crippen LogP contribution in [-0.2, 0) is 4.79 Å². The van der Waals surface area contributed by atoms with Gasteiger partial charge in [-0.25, -0.2) is 0 Å². The second-order valence-electron chi connectivity index (χ2n) is 7.54. The first-order valence-electron chi connectivity index (χ1n) is 7.21. The highest BCUT2D eigenvalue weighted by Crippen LogP contribution is 2.43. The smallest absolute Gasteiger partial charge is 0.116 e. The van der Waals surface area contributed by atoms with Gasteiger partial charge in [-0.1, -0.05) is 34.6 Å². The monoisotopic (exact) mass is 255 g/mol. The van der Waals surface area contributed by atoms with Crippen molar-refractivity contribution in [1.29, 1.82) is 0 Å². The molecule has 0 bridgehead atoms. The first-order chi connectivity index (χ1) is 8.12. The van der Waals surface area contributed by atoms with Crippen molar-refractivity contribution in [3.05, 3.63) is 0 Å². The molecule has 0 aliphatic carbocycles.